The van der Waals surface area contributed by atoms with Gasteiger partial charge in [0.25, 0.3) is 0 Å². The van der Waals surface area contributed by atoms with Crippen LogP contribution in [0.15, 0.2) is 11.6 Å². The summed E-state index contributed by atoms with van der Waals surface area (Å²) in [5.41, 5.74) is 1.28. The third-order valence-electron chi connectivity index (χ3n) is 0.837. The fraction of sp³-hybridized carbons (Fsp3) is 0.571. The van der Waals surface area contributed by atoms with Gasteiger partial charge >= 0.3 is 0 Å². The third-order valence-corrected chi connectivity index (χ3v) is 0.837. The predicted molar refractivity (Wildman–Crippen MR) is 34.7 cm³/mol. The van der Waals surface area contributed by atoms with E-state index in [0.29, 0.717) is 6.42 Å². The molecule has 0 saturated heterocycles. The quantitative estimate of drug-likeness (QED) is 0.310. The van der Waals surface area contributed by atoms with Gasteiger partial charge in [-0.25, -0.2) is 0 Å². The van der Waals surface area contributed by atoms with Crippen LogP contribution in [-0.4, -0.2) is 6.29 Å². The highest BCUT2D eigenvalue weighted by Gasteiger charge is 1.77. The van der Waals surface area contributed by atoms with Gasteiger partial charge in [0.05, 0.1) is 0 Å². The van der Waals surface area contributed by atoms with Gasteiger partial charge in [0.1, 0.15) is 6.29 Å². The van der Waals surface area contributed by atoms with Crippen molar-refractivity contribution in [1.82, 2.24) is 0 Å². The van der Waals surface area contributed by atoms with E-state index in [1.807, 2.05) is 13.8 Å². The molecule has 0 spiro atoms. The van der Waals surface area contributed by atoms with Crippen LogP contribution in [0.1, 0.15) is 26.7 Å². The number of allylic oxidation sites excluding steroid dienone is 2. The fourth-order valence-corrected chi connectivity index (χ4v) is 0.440. The predicted octanol–water partition coefficient (Wildman–Crippen LogP) is 1.93. The number of carbonyl (C=O) groups is 1. The topological polar surface area (TPSA) is 17.1 Å². The van der Waals surface area contributed by atoms with Crippen molar-refractivity contribution < 1.29 is 4.79 Å². The van der Waals surface area contributed by atoms with E-state index < -0.39 is 0 Å². The molecule has 0 aliphatic carbocycles. The molecular weight excluding hydrogens is 100 g/mol. The van der Waals surface area contributed by atoms with Crippen LogP contribution in [0.5, 0.6) is 0 Å². The van der Waals surface area contributed by atoms with Gasteiger partial charge in [-0.05, 0) is 20.3 Å². The zero-order valence-electron chi connectivity index (χ0n) is 5.48. The lowest BCUT2D eigenvalue weighted by Crippen LogP contribution is -1.71. The van der Waals surface area contributed by atoms with Gasteiger partial charge < -0.3 is 4.79 Å². The Bertz CT molecular complexity index is 88.6. The van der Waals surface area contributed by atoms with Gasteiger partial charge in [-0.1, -0.05) is 11.6 Å². The van der Waals surface area contributed by atoms with Crippen LogP contribution in [0.4, 0.5) is 0 Å². The van der Waals surface area contributed by atoms with Gasteiger partial charge in [-0.15, -0.1) is 0 Å². The van der Waals surface area contributed by atoms with Crippen LogP contribution in [-0.2, 0) is 4.79 Å². The van der Waals surface area contributed by atoms with Gasteiger partial charge in [0.15, 0.2) is 0 Å². The molecule has 0 radical (unpaired) electrons. The van der Waals surface area contributed by atoms with Crippen LogP contribution in [0.2, 0.25) is 0 Å². The first kappa shape index (κ1) is 7.41. The summed E-state index contributed by atoms with van der Waals surface area (Å²) in [6, 6.07) is 0. The number of hydrogen-bond acceptors (Lipinski definition) is 1. The molecule has 0 unspecified atom stereocenters. The van der Waals surface area contributed by atoms with Crippen molar-refractivity contribution >= 4 is 6.29 Å². The van der Waals surface area contributed by atoms with Crippen LogP contribution < -0.4 is 0 Å². The highest BCUT2D eigenvalue weighted by atomic mass is 16.1. The summed E-state index contributed by atoms with van der Waals surface area (Å²) in [4.78, 5) is 9.76. The maximum absolute atomic E-state index is 9.76. The van der Waals surface area contributed by atoms with E-state index in [-0.39, 0.29) is 0 Å². The minimum Gasteiger partial charge on any atom is -0.303 e. The van der Waals surface area contributed by atoms with Crippen molar-refractivity contribution in [2.75, 3.05) is 0 Å². The number of aldehydes is 1. The van der Waals surface area contributed by atoms with E-state index in [1.54, 1.807) is 0 Å². The molecule has 0 aliphatic rings. The Morgan fingerprint density at radius 1 is 1.38 bits per heavy atom. The number of carbonyl (C=O) groups excluding carboxylic acids is 1. The maximum Gasteiger partial charge on any atom is 0.120 e. The summed E-state index contributed by atoms with van der Waals surface area (Å²) in [6.07, 6.45) is 4.56. The molecular formula is C7H12O. The summed E-state index contributed by atoms with van der Waals surface area (Å²) in [7, 11) is 0. The van der Waals surface area contributed by atoms with Crippen LogP contribution in [0, 0.1) is 0 Å². The molecule has 0 aromatic heterocycles. The molecule has 1 nitrogen and oxygen atoms in total. The molecule has 0 heterocycles. The van der Waals surface area contributed by atoms with Crippen molar-refractivity contribution in [1.29, 1.82) is 0 Å². The Balaban J connectivity index is 3.15. The molecule has 0 amide bonds. The highest BCUT2D eigenvalue weighted by Crippen LogP contribution is 1.93. The van der Waals surface area contributed by atoms with Gasteiger partial charge in [-0.2, -0.15) is 0 Å². The lowest BCUT2D eigenvalue weighted by atomic mass is 10.2. The van der Waals surface area contributed by atoms with Crippen LogP contribution in [0.25, 0.3) is 0 Å². The van der Waals surface area contributed by atoms with E-state index >= 15 is 0 Å². The van der Waals surface area contributed by atoms with Gasteiger partial charge in [-0.3, -0.25) is 0 Å². The molecule has 0 N–H and O–H groups in total. The zero-order chi connectivity index (χ0) is 6.41. The lowest BCUT2D eigenvalue weighted by Gasteiger charge is -1.84. The fourth-order valence-electron chi connectivity index (χ4n) is 0.440. The molecule has 0 atom stereocenters. The van der Waals surface area contributed by atoms with E-state index in [4.69, 9.17) is 0 Å². The summed E-state index contributed by atoms with van der Waals surface area (Å²) in [5, 5.41) is 0. The number of hydrogen-bond donors (Lipinski definition) is 0. The second-order valence-corrected chi connectivity index (χ2v) is 2.03. The van der Waals surface area contributed by atoms with E-state index in [1.165, 1.54) is 5.57 Å². The van der Waals surface area contributed by atoms with Crippen molar-refractivity contribution in [2.45, 2.75) is 26.7 Å². The highest BCUT2D eigenvalue weighted by molar-refractivity contribution is 5.49. The Morgan fingerprint density at radius 3 is 2.38 bits per heavy atom. The van der Waals surface area contributed by atoms with E-state index in [2.05, 4.69) is 6.08 Å². The normalized spacial score (nSPS) is 8.25. The average molecular weight is 112 g/mol. The minimum absolute atomic E-state index is 0.658. The van der Waals surface area contributed by atoms with Gasteiger partial charge in [0.2, 0.25) is 0 Å². The second kappa shape index (κ2) is 4.57. The van der Waals surface area contributed by atoms with E-state index in [0.717, 1.165) is 12.7 Å². The van der Waals surface area contributed by atoms with E-state index in [9.17, 15) is 4.79 Å². The average Bonchev–Trinajstić information content (AvgIpc) is 1.66. The van der Waals surface area contributed by atoms with Crippen molar-refractivity contribution in [3.63, 3.8) is 0 Å². The van der Waals surface area contributed by atoms with Crippen molar-refractivity contribution in [3.8, 4) is 0 Å². The molecule has 8 heavy (non-hydrogen) atoms. The molecule has 0 aromatic carbocycles. The Morgan fingerprint density at radius 2 is 2.00 bits per heavy atom. The second-order valence-electron chi connectivity index (χ2n) is 2.03. The summed E-state index contributed by atoms with van der Waals surface area (Å²) in [6.45, 7) is 4.07. The summed E-state index contributed by atoms with van der Waals surface area (Å²) >= 11 is 0. The first-order valence-corrected chi connectivity index (χ1v) is 2.84. The number of unbranched alkanes of at least 4 members (excludes halogenated alkanes) is 1. The lowest BCUT2D eigenvalue weighted by molar-refractivity contribution is -0.107. The Hall–Kier alpha value is -0.590. The maximum atomic E-state index is 9.76. The molecule has 0 aliphatic heterocycles. The SMILES string of the molecule is CC(C)=CCCC=O. The zero-order valence-corrected chi connectivity index (χ0v) is 5.48. The summed E-state index contributed by atoms with van der Waals surface area (Å²) < 4.78 is 0. The van der Waals surface area contributed by atoms with Crippen LogP contribution >= 0.6 is 0 Å². The van der Waals surface area contributed by atoms with Gasteiger partial charge in [0, 0.05) is 6.42 Å². The molecule has 46 valence electrons. The molecule has 0 bridgehead atoms. The monoisotopic (exact) mass is 112 g/mol. The Kier molecular flexibility index (Phi) is 4.23. The van der Waals surface area contributed by atoms with Crippen LogP contribution in [0.3, 0.4) is 0 Å². The number of rotatable bonds is 3. The standard InChI is InChI=1S/C7H12O/c1-7(2)5-3-4-6-8/h5-6H,3-4H2,1-2H3. The molecule has 0 saturated carbocycles. The first-order chi connectivity index (χ1) is 3.77. The third kappa shape index (κ3) is 5.41. The molecule has 0 aromatic rings. The molecule has 0 fully saturated rings. The summed E-state index contributed by atoms with van der Waals surface area (Å²) in [5.74, 6) is 0. The minimum atomic E-state index is 0.658. The van der Waals surface area contributed by atoms with Crippen molar-refractivity contribution in [3.05, 3.63) is 11.6 Å². The molecule has 0 rings (SSSR count). The largest absolute Gasteiger partial charge is 0.303 e. The first-order valence-electron chi connectivity index (χ1n) is 2.84. The smallest absolute Gasteiger partial charge is 0.120 e. The Labute approximate surface area is 50.4 Å². The molecule has 1 heteroatoms. The van der Waals surface area contributed by atoms with Crippen molar-refractivity contribution in [2.24, 2.45) is 0 Å².